The predicted octanol–water partition coefficient (Wildman–Crippen LogP) is -0.811. The highest BCUT2D eigenvalue weighted by Gasteiger charge is 2.44. The standard InChI is InChI=1S/C20H31N3O5/c1-27-13-19(25)21-14-20(26)15-23(12-18(20)24)11-17-4-2-3-16(9-17)10-22-5-7-28-8-6-22/h2-4,9,18,24,26H,5-8,10-15H2,1H3,(H,21,25)/t18-,20+/m1/s1. The summed E-state index contributed by atoms with van der Waals surface area (Å²) in [6.45, 7) is 5.61. The lowest BCUT2D eigenvalue weighted by Gasteiger charge is -2.27. The number of morpholine rings is 1. The summed E-state index contributed by atoms with van der Waals surface area (Å²) in [5.74, 6) is -0.308. The quantitative estimate of drug-likeness (QED) is 0.532. The van der Waals surface area contributed by atoms with E-state index in [0.29, 0.717) is 19.6 Å². The molecule has 3 N–H and O–H groups in total. The maximum atomic E-state index is 11.6. The number of aliphatic hydroxyl groups is 2. The molecule has 0 spiro atoms. The van der Waals surface area contributed by atoms with Crippen molar-refractivity contribution in [1.29, 1.82) is 0 Å². The third kappa shape index (κ3) is 5.73. The molecule has 1 amide bonds. The van der Waals surface area contributed by atoms with Crippen LogP contribution >= 0.6 is 0 Å². The number of hydrogen-bond donors (Lipinski definition) is 3. The van der Waals surface area contributed by atoms with E-state index in [4.69, 9.17) is 9.47 Å². The number of β-amino-alcohol motifs (C(OH)–C–C–N with tert-alkyl or cyclic N) is 2. The summed E-state index contributed by atoms with van der Waals surface area (Å²) in [5.41, 5.74) is 1.04. The molecule has 1 aromatic carbocycles. The fraction of sp³-hybridized carbons (Fsp3) is 0.650. The Kier molecular flexibility index (Phi) is 7.39. The van der Waals surface area contributed by atoms with E-state index in [9.17, 15) is 15.0 Å². The Hall–Kier alpha value is -1.55. The van der Waals surface area contributed by atoms with E-state index in [1.165, 1.54) is 12.7 Å². The zero-order valence-electron chi connectivity index (χ0n) is 16.5. The molecule has 2 fully saturated rings. The number of benzene rings is 1. The van der Waals surface area contributed by atoms with E-state index < -0.39 is 11.7 Å². The molecule has 0 bridgehead atoms. The molecule has 0 aliphatic carbocycles. The van der Waals surface area contributed by atoms with Gasteiger partial charge in [-0.2, -0.15) is 0 Å². The van der Waals surface area contributed by atoms with Crippen LogP contribution in [-0.2, 0) is 27.4 Å². The summed E-state index contributed by atoms with van der Waals surface area (Å²) in [4.78, 5) is 16.0. The van der Waals surface area contributed by atoms with Crippen molar-refractivity contribution in [2.75, 3.05) is 59.7 Å². The first-order valence-corrected chi connectivity index (χ1v) is 9.75. The van der Waals surface area contributed by atoms with Gasteiger partial charge in [-0.25, -0.2) is 0 Å². The van der Waals surface area contributed by atoms with Crippen LogP contribution in [0.2, 0.25) is 0 Å². The Balaban J connectivity index is 1.54. The molecule has 2 aliphatic rings. The number of aliphatic hydroxyl groups excluding tert-OH is 1. The maximum Gasteiger partial charge on any atom is 0.246 e. The van der Waals surface area contributed by atoms with Crippen molar-refractivity contribution in [3.8, 4) is 0 Å². The fourth-order valence-corrected chi connectivity index (χ4v) is 3.80. The average Bonchev–Trinajstić information content (AvgIpc) is 2.95. The molecule has 3 rings (SSSR count). The molecule has 2 heterocycles. The van der Waals surface area contributed by atoms with Gasteiger partial charge < -0.3 is 25.0 Å². The summed E-state index contributed by atoms with van der Waals surface area (Å²) in [7, 11) is 1.44. The van der Waals surface area contributed by atoms with Crippen LogP contribution in [0.4, 0.5) is 0 Å². The first-order valence-electron chi connectivity index (χ1n) is 9.75. The first-order chi connectivity index (χ1) is 13.5. The van der Waals surface area contributed by atoms with Crippen molar-refractivity contribution in [2.45, 2.75) is 24.8 Å². The fourth-order valence-electron chi connectivity index (χ4n) is 3.80. The van der Waals surface area contributed by atoms with Crippen LogP contribution in [0.15, 0.2) is 24.3 Å². The summed E-state index contributed by atoms with van der Waals surface area (Å²) >= 11 is 0. The van der Waals surface area contributed by atoms with E-state index in [0.717, 1.165) is 38.4 Å². The molecule has 0 unspecified atom stereocenters. The highest BCUT2D eigenvalue weighted by molar-refractivity contribution is 5.77. The van der Waals surface area contributed by atoms with Crippen LogP contribution in [0.5, 0.6) is 0 Å². The Morgan fingerprint density at radius 1 is 1.29 bits per heavy atom. The van der Waals surface area contributed by atoms with Gasteiger partial charge in [-0.15, -0.1) is 0 Å². The SMILES string of the molecule is COCC(=O)NC[C@]1(O)CN(Cc2cccc(CN3CCOCC3)c2)C[C@H]1O. The van der Waals surface area contributed by atoms with Crippen molar-refractivity contribution in [1.82, 2.24) is 15.1 Å². The number of nitrogens with zero attached hydrogens (tertiary/aromatic N) is 2. The molecular weight excluding hydrogens is 362 g/mol. The largest absolute Gasteiger partial charge is 0.389 e. The van der Waals surface area contributed by atoms with Crippen molar-refractivity contribution in [3.63, 3.8) is 0 Å². The van der Waals surface area contributed by atoms with Crippen molar-refractivity contribution >= 4 is 5.91 Å². The average molecular weight is 393 g/mol. The topological polar surface area (TPSA) is 94.5 Å². The second-order valence-corrected chi connectivity index (χ2v) is 7.71. The number of carbonyl (C=O) groups is 1. The molecular formula is C20H31N3O5. The van der Waals surface area contributed by atoms with Crippen LogP contribution in [0.25, 0.3) is 0 Å². The normalized spacial score (nSPS) is 26.5. The monoisotopic (exact) mass is 393 g/mol. The van der Waals surface area contributed by atoms with Gasteiger partial charge in [0, 0.05) is 46.4 Å². The van der Waals surface area contributed by atoms with E-state index in [1.54, 1.807) is 0 Å². The van der Waals surface area contributed by atoms with Gasteiger partial charge in [-0.3, -0.25) is 14.6 Å². The van der Waals surface area contributed by atoms with E-state index in [-0.39, 0.29) is 19.1 Å². The molecule has 2 atom stereocenters. The molecule has 0 aromatic heterocycles. The van der Waals surface area contributed by atoms with Crippen LogP contribution in [0.1, 0.15) is 11.1 Å². The Labute approximate surface area is 166 Å². The minimum Gasteiger partial charge on any atom is -0.389 e. The number of rotatable bonds is 8. The second-order valence-electron chi connectivity index (χ2n) is 7.71. The van der Waals surface area contributed by atoms with Gasteiger partial charge in [0.2, 0.25) is 5.91 Å². The number of nitrogens with one attached hydrogen (secondary N) is 1. The molecule has 8 heteroatoms. The Bertz CT molecular complexity index is 652. The van der Waals surface area contributed by atoms with Gasteiger partial charge in [-0.1, -0.05) is 24.3 Å². The van der Waals surface area contributed by atoms with Gasteiger partial charge in [0.05, 0.1) is 25.9 Å². The molecule has 1 aromatic rings. The summed E-state index contributed by atoms with van der Waals surface area (Å²) in [6.07, 6.45) is -0.910. The first kappa shape index (κ1) is 21.2. The summed E-state index contributed by atoms with van der Waals surface area (Å²) in [6, 6.07) is 8.42. The van der Waals surface area contributed by atoms with Crippen LogP contribution in [0.3, 0.4) is 0 Å². The van der Waals surface area contributed by atoms with Gasteiger partial charge in [0.15, 0.2) is 0 Å². The Morgan fingerprint density at radius 3 is 2.64 bits per heavy atom. The van der Waals surface area contributed by atoms with E-state index in [2.05, 4.69) is 34.5 Å². The molecule has 0 radical (unpaired) electrons. The number of carbonyl (C=O) groups excluding carboxylic acids is 1. The molecule has 156 valence electrons. The third-order valence-electron chi connectivity index (χ3n) is 5.32. The zero-order chi connectivity index (χ0) is 20.0. The lowest BCUT2D eigenvalue weighted by atomic mass is 10.0. The van der Waals surface area contributed by atoms with Crippen molar-refractivity contribution in [3.05, 3.63) is 35.4 Å². The van der Waals surface area contributed by atoms with Gasteiger partial charge >= 0.3 is 0 Å². The molecule has 8 nitrogen and oxygen atoms in total. The molecule has 2 aliphatic heterocycles. The number of hydrogen-bond acceptors (Lipinski definition) is 7. The minimum atomic E-state index is -1.35. The van der Waals surface area contributed by atoms with Crippen LogP contribution < -0.4 is 5.32 Å². The summed E-state index contributed by atoms with van der Waals surface area (Å²) < 4.78 is 10.2. The number of likely N-dealkylation sites (tertiary alicyclic amines) is 1. The number of methoxy groups -OCH3 is 1. The number of amides is 1. The predicted molar refractivity (Wildman–Crippen MR) is 104 cm³/mol. The second kappa shape index (κ2) is 9.78. The van der Waals surface area contributed by atoms with Crippen LogP contribution in [-0.4, -0.2) is 97.3 Å². The molecule has 2 saturated heterocycles. The van der Waals surface area contributed by atoms with Gasteiger partial charge in [0.25, 0.3) is 0 Å². The maximum absolute atomic E-state index is 11.6. The van der Waals surface area contributed by atoms with Gasteiger partial charge in [0.1, 0.15) is 12.2 Å². The number of ether oxygens (including phenoxy) is 2. The lowest BCUT2D eigenvalue weighted by molar-refractivity contribution is -0.126. The van der Waals surface area contributed by atoms with E-state index >= 15 is 0 Å². The highest BCUT2D eigenvalue weighted by atomic mass is 16.5. The van der Waals surface area contributed by atoms with Crippen LogP contribution in [0, 0.1) is 0 Å². The van der Waals surface area contributed by atoms with Gasteiger partial charge in [-0.05, 0) is 11.1 Å². The van der Waals surface area contributed by atoms with Crippen molar-refractivity contribution in [2.24, 2.45) is 0 Å². The minimum absolute atomic E-state index is 0.00390. The third-order valence-corrected chi connectivity index (χ3v) is 5.32. The smallest absolute Gasteiger partial charge is 0.246 e. The highest BCUT2D eigenvalue weighted by Crippen LogP contribution is 2.23. The Morgan fingerprint density at radius 2 is 1.96 bits per heavy atom. The lowest BCUT2D eigenvalue weighted by Crippen LogP contribution is -2.51. The summed E-state index contributed by atoms with van der Waals surface area (Å²) in [5, 5.41) is 23.7. The zero-order valence-corrected chi connectivity index (χ0v) is 16.5. The van der Waals surface area contributed by atoms with E-state index in [1.807, 2.05) is 4.90 Å². The molecule has 0 saturated carbocycles. The van der Waals surface area contributed by atoms with Crippen molar-refractivity contribution < 1.29 is 24.5 Å². The molecule has 28 heavy (non-hydrogen) atoms.